The maximum absolute atomic E-state index is 13.4. The standard InChI is InChI=1S/C23H23N3O3/c1-2-12-24-22(27)21-16-26(19-10-3-4-11-20(19)29-21)23(28)17-8-7-9-18(15-17)25-13-5-6-14-25/h3-11,13-15,21H,2,12,16H2,1H3,(H,24,27)/t21-/m1/s1. The minimum absolute atomic E-state index is 0.164. The lowest BCUT2D eigenvalue weighted by molar-refractivity contribution is -0.127. The number of hydrogen-bond acceptors (Lipinski definition) is 3. The highest BCUT2D eigenvalue weighted by atomic mass is 16.5. The van der Waals surface area contributed by atoms with Gasteiger partial charge < -0.3 is 19.5 Å². The number of nitrogens with one attached hydrogen (secondary N) is 1. The van der Waals surface area contributed by atoms with Gasteiger partial charge in [0.1, 0.15) is 5.75 Å². The van der Waals surface area contributed by atoms with E-state index in [1.54, 1.807) is 17.0 Å². The van der Waals surface area contributed by atoms with Crippen LogP contribution in [0.5, 0.6) is 5.75 Å². The molecule has 0 unspecified atom stereocenters. The van der Waals surface area contributed by atoms with Crippen LogP contribution in [0, 0.1) is 0 Å². The number of hydrogen-bond donors (Lipinski definition) is 1. The number of fused-ring (bicyclic) bond motifs is 1. The van der Waals surface area contributed by atoms with Crippen molar-refractivity contribution in [1.82, 2.24) is 9.88 Å². The molecular formula is C23H23N3O3. The molecule has 3 aromatic rings. The van der Waals surface area contributed by atoms with E-state index in [1.807, 2.05) is 72.4 Å². The lowest BCUT2D eigenvalue weighted by atomic mass is 10.1. The van der Waals surface area contributed by atoms with Crippen LogP contribution in [0.4, 0.5) is 5.69 Å². The van der Waals surface area contributed by atoms with Crippen LogP contribution >= 0.6 is 0 Å². The van der Waals surface area contributed by atoms with Gasteiger partial charge in [0.05, 0.1) is 12.2 Å². The van der Waals surface area contributed by atoms with Crippen LogP contribution in [0.15, 0.2) is 73.1 Å². The van der Waals surface area contributed by atoms with Gasteiger partial charge in [-0.25, -0.2) is 0 Å². The Hall–Kier alpha value is -3.54. The Morgan fingerprint density at radius 2 is 1.86 bits per heavy atom. The van der Waals surface area contributed by atoms with Crippen molar-refractivity contribution < 1.29 is 14.3 Å². The lowest BCUT2D eigenvalue weighted by Gasteiger charge is -2.34. The first-order valence-corrected chi connectivity index (χ1v) is 9.76. The van der Waals surface area contributed by atoms with Crippen LogP contribution < -0.4 is 15.0 Å². The predicted molar refractivity (Wildman–Crippen MR) is 112 cm³/mol. The van der Waals surface area contributed by atoms with E-state index in [0.717, 1.165) is 12.1 Å². The lowest BCUT2D eigenvalue weighted by Crippen LogP contribution is -2.50. The second kappa shape index (κ2) is 8.22. The largest absolute Gasteiger partial charge is 0.477 e. The van der Waals surface area contributed by atoms with Crippen molar-refractivity contribution >= 4 is 17.5 Å². The molecule has 0 saturated carbocycles. The van der Waals surface area contributed by atoms with E-state index in [0.29, 0.717) is 23.5 Å². The first-order chi connectivity index (χ1) is 14.2. The van der Waals surface area contributed by atoms with E-state index in [9.17, 15) is 9.59 Å². The van der Waals surface area contributed by atoms with Crippen LogP contribution in [0.1, 0.15) is 23.7 Å². The first kappa shape index (κ1) is 18.8. The van der Waals surface area contributed by atoms with Crippen LogP contribution in [-0.2, 0) is 4.79 Å². The molecule has 0 saturated heterocycles. The Bertz CT molecular complexity index is 1010. The minimum atomic E-state index is -0.743. The highest BCUT2D eigenvalue weighted by Gasteiger charge is 2.34. The number of para-hydroxylation sites is 2. The maximum Gasteiger partial charge on any atom is 0.262 e. The number of ether oxygens (including phenoxy) is 1. The van der Waals surface area contributed by atoms with Gasteiger partial charge in [0.25, 0.3) is 11.8 Å². The third kappa shape index (κ3) is 3.87. The molecule has 1 atom stereocenters. The SMILES string of the molecule is CCCNC(=O)[C@H]1CN(C(=O)c2cccc(-n3cccc3)c2)c2ccccc2O1. The molecule has 6 nitrogen and oxygen atoms in total. The van der Waals surface area contributed by atoms with Gasteiger partial charge in [-0.3, -0.25) is 9.59 Å². The van der Waals surface area contributed by atoms with E-state index < -0.39 is 6.10 Å². The third-order valence-corrected chi connectivity index (χ3v) is 4.86. The molecule has 0 radical (unpaired) electrons. The number of nitrogens with zero attached hydrogens (tertiary/aromatic N) is 2. The average Bonchev–Trinajstić information content (AvgIpc) is 3.31. The number of rotatable bonds is 5. The fourth-order valence-electron chi connectivity index (χ4n) is 3.39. The van der Waals surface area contributed by atoms with E-state index in [4.69, 9.17) is 4.74 Å². The van der Waals surface area contributed by atoms with E-state index in [-0.39, 0.29) is 18.4 Å². The van der Waals surface area contributed by atoms with Gasteiger partial charge in [-0.1, -0.05) is 25.1 Å². The summed E-state index contributed by atoms with van der Waals surface area (Å²) in [5.74, 6) is 0.161. The van der Waals surface area contributed by atoms with Gasteiger partial charge in [0.15, 0.2) is 6.10 Å². The first-order valence-electron chi connectivity index (χ1n) is 9.76. The number of aromatic nitrogens is 1. The van der Waals surface area contributed by atoms with Gasteiger partial charge in [-0.05, 0) is 48.9 Å². The average molecular weight is 389 g/mol. The highest BCUT2D eigenvalue weighted by molar-refractivity contribution is 6.08. The third-order valence-electron chi connectivity index (χ3n) is 4.86. The zero-order chi connectivity index (χ0) is 20.2. The molecule has 1 aliphatic rings. The van der Waals surface area contributed by atoms with Gasteiger partial charge in [0, 0.05) is 30.2 Å². The van der Waals surface area contributed by atoms with Crippen molar-refractivity contribution in [3.05, 3.63) is 78.6 Å². The molecule has 0 spiro atoms. The Morgan fingerprint density at radius 1 is 1.07 bits per heavy atom. The summed E-state index contributed by atoms with van der Waals surface area (Å²) in [6, 6.07) is 18.6. The van der Waals surface area contributed by atoms with Crippen LogP contribution in [0.3, 0.4) is 0 Å². The quantitative estimate of drug-likeness (QED) is 0.727. The van der Waals surface area contributed by atoms with Crippen LogP contribution in [0.25, 0.3) is 5.69 Å². The van der Waals surface area contributed by atoms with Crippen molar-refractivity contribution in [2.75, 3.05) is 18.0 Å². The molecule has 1 aliphatic heterocycles. The van der Waals surface area contributed by atoms with Gasteiger partial charge in [-0.15, -0.1) is 0 Å². The van der Waals surface area contributed by atoms with Crippen molar-refractivity contribution in [2.45, 2.75) is 19.4 Å². The number of anilines is 1. The second-order valence-electron chi connectivity index (χ2n) is 6.92. The summed E-state index contributed by atoms with van der Waals surface area (Å²) >= 11 is 0. The number of carbonyl (C=O) groups is 2. The molecule has 2 amide bonds. The Labute approximate surface area is 169 Å². The van der Waals surface area contributed by atoms with Gasteiger partial charge in [-0.2, -0.15) is 0 Å². The molecule has 6 heteroatoms. The predicted octanol–water partition coefficient (Wildman–Crippen LogP) is 3.41. The molecule has 2 heterocycles. The summed E-state index contributed by atoms with van der Waals surface area (Å²) in [5.41, 5.74) is 2.13. The number of benzene rings is 2. The molecule has 1 aromatic heterocycles. The summed E-state index contributed by atoms with van der Waals surface area (Å²) in [6.45, 7) is 2.73. The molecule has 29 heavy (non-hydrogen) atoms. The van der Waals surface area contributed by atoms with Crippen molar-refractivity contribution in [3.8, 4) is 11.4 Å². The number of carbonyl (C=O) groups excluding carboxylic acids is 2. The molecule has 0 bridgehead atoms. The summed E-state index contributed by atoms with van der Waals surface area (Å²) in [7, 11) is 0. The van der Waals surface area contributed by atoms with Crippen LogP contribution in [-0.4, -0.2) is 35.6 Å². The maximum atomic E-state index is 13.4. The molecule has 148 valence electrons. The van der Waals surface area contributed by atoms with Crippen molar-refractivity contribution in [3.63, 3.8) is 0 Å². The van der Waals surface area contributed by atoms with E-state index in [2.05, 4.69) is 5.32 Å². The monoisotopic (exact) mass is 389 g/mol. The fourth-order valence-corrected chi connectivity index (χ4v) is 3.39. The second-order valence-corrected chi connectivity index (χ2v) is 6.92. The summed E-state index contributed by atoms with van der Waals surface area (Å²) < 4.78 is 7.83. The van der Waals surface area contributed by atoms with Gasteiger partial charge in [0.2, 0.25) is 0 Å². The fraction of sp³-hybridized carbons (Fsp3) is 0.217. The molecule has 0 aliphatic carbocycles. The van der Waals surface area contributed by atoms with Gasteiger partial charge >= 0.3 is 0 Å². The highest BCUT2D eigenvalue weighted by Crippen LogP contribution is 2.34. The van der Waals surface area contributed by atoms with E-state index in [1.165, 1.54) is 0 Å². The summed E-state index contributed by atoms with van der Waals surface area (Å²) in [5, 5.41) is 2.85. The minimum Gasteiger partial charge on any atom is -0.477 e. The summed E-state index contributed by atoms with van der Waals surface area (Å²) in [4.78, 5) is 27.5. The zero-order valence-corrected chi connectivity index (χ0v) is 16.2. The summed E-state index contributed by atoms with van der Waals surface area (Å²) in [6.07, 6.45) is 3.96. The molecule has 2 aromatic carbocycles. The Morgan fingerprint density at radius 3 is 2.66 bits per heavy atom. The Balaban J connectivity index is 1.65. The normalized spacial score (nSPS) is 15.3. The molecule has 0 fully saturated rings. The molecule has 1 N–H and O–H groups in total. The number of amides is 2. The zero-order valence-electron chi connectivity index (χ0n) is 16.2. The van der Waals surface area contributed by atoms with Crippen molar-refractivity contribution in [2.24, 2.45) is 0 Å². The molecule has 4 rings (SSSR count). The van der Waals surface area contributed by atoms with E-state index >= 15 is 0 Å². The topological polar surface area (TPSA) is 63.6 Å². The smallest absolute Gasteiger partial charge is 0.262 e. The Kier molecular flexibility index (Phi) is 5.33. The van der Waals surface area contributed by atoms with Crippen molar-refractivity contribution in [1.29, 1.82) is 0 Å². The molecular weight excluding hydrogens is 366 g/mol. The van der Waals surface area contributed by atoms with Crippen LogP contribution in [0.2, 0.25) is 0 Å².